The third kappa shape index (κ3) is 3.79. The summed E-state index contributed by atoms with van der Waals surface area (Å²) >= 11 is 7.92. The Balaban J connectivity index is 2.47. The van der Waals surface area contributed by atoms with Crippen molar-refractivity contribution >= 4 is 22.9 Å². The van der Waals surface area contributed by atoms with Gasteiger partial charge in [-0.3, -0.25) is 0 Å². The standard InChI is InChI=1S/C17H22ClNOS/c1-5-8-19-17(15-9-11(2)21-12(15)3)14-7-6-13(18)10-16(14)20-4/h6-7,9-10,17,19H,5,8H2,1-4H3. The smallest absolute Gasteiger partial charge is 0.125 e. The van der Waals surface area contributed by atoms with Gasteiger partial charge in [-0.25, -0.2) is 0 Å². The molecule has 2 aromatic rings. The molecule has 0 amide bonds. The van der Waals surface area contributed by atoms with Gasteiger partial charge in [-0.1, -0.05) is 24.6 Å². The highest BCUT2D eigenvalue weighted by atomic mass is 35.5. The molecule has 1 heterocycles. The van der Waals surface area contributed by atoms with Gasteiger partial charge in [0.2, 0.25) is 0 Å². The molecule has 4 heteroatoms. The van der Waals surface area contributed by atoms with Crippen LogP contribution >= 0.6 is 22.9 Å². The van der Waals surface area contributed by atoms with E-state index in [1.807, 2.05) is 23.5 Å². The lowest BCUT2D eigenvalue weighted by molar-refractivity contribution is 0.404. The molecule has 114 valence electrons. The second-order valence-electron chi connectivity index (χ2n) is 5.14. The Morgan fingerprint density at radius 3 is 2.57 bits per heavy atom. The van der Waals surface area contributed by atoms with Gasteiger partial charge in [0.15, 0.2) is 0 Å². The molecule has 2 nitrogen and oxygen atoms in total. The highest BCUT2D eigenvalue weighted by molar-refractivity contribution is 7.12. The predicted octanol–water partition coefficient (Wildman–Crippen LogP) is 5.12. The SMILES string of the molecule is CCCNC(c1ccc(Cl)cc1OC)c1cc(C)sc1C. The van der Waals surface area contributed by atoms with Crippen LogP contribution in [0.1, 0.15) is 40.3 Å². The van der Waals surface area contributed by atoms with Crippen LogP contribution < -0.4 is 10.1 Å². The van der Waals surface area contributed by atoms with Crippen molar-refractivity contribution in [1.82, 2.24) is 5.32 Å². The molecule has 1 atom stereocenters. The Morgan fingerprint density at radius 2 is 2.00 bits per heavy atom. The molecule has 0 aliphatic rings. The average Bonchev–Trinajstić information content (AvgIpc) is 2.79. The minimum Gasteiger partial charge on any atom is -0.496 e. The highest BCUT2D eigenvalue weighted by Gasteiger charge is 2.21. The number of rotatable bonds is 6. The molecule has 2 rings (SSSR count). The van der Waals surface area contributed by atoms with Crippen molar-refractivity contribution in [2.24, 2.45) is 0 Å². The van der Waals surface area contributed by atoms with Crippen LogP contribution in [0.5, 0.6) is 5.75 Å². The van der Waals surface area contributed by atoms with E-state index in [-0.39, 0.29) is 6.04 Å². The van der Waals surface area contributed by atoms with E-state index in [1.165, 1.54) is 15.3 Å². The maximum absolute atomic E-state index is 6.09. The first-order valence-corrected chi connectivity index (χ1v) is 8.40. The summed E-state index contributed by atoms with van der Waals surface area (Å²) < 4.78 is 5.53. The first-order valence-electron chi connectivity index (χ1n) is 7.20. The average molecular weight is 324 g/mol. The predicted molar refractivity (Wildman–Crippen MR) is 91.9 cm³/mol. The van der Waals surface area contributed by atoms with Gasteiger partial charge in [0.25, 0.3) is 0 Å². The topological polar surface area (TPSA) is 21.3 Å². The summed E-state index contributed by atoms with van der Waals surface area (Å²) in [6, 6.07) is 8.27. The zero-order valence-electron chi connectivity index (χ0n) is 13.0. The minimum atomic E-state index is 0.141. The van der Waals surface area contributed by atoms with Crippen LogP contribution in [-0.2, 0) is 0 Å². The normalized spacial score (nSPS) is 12.4. The van der Waals surface area contributed by atoms with Gasteiger partial charge in [-0.15, -0.1) is 11.3 Å². The second-order valence-corrected chi connectivity index (χ2v) is 7.04. The molecule has 0 saturated carbocycles. The van der Waals surface area contributed by atoms with Gasteiger partial charge in [0.05, 0.1) is 13.2 Å². The molecule has 21 heavy (non-hydrogen) atoms. The van der Waals surface area contributed by atoms with Crippen LogP contribution in [0, 0.1) is 13.8 Å². The molecule has 1 N–H and O–H groups in total. The van der Waals surface area contributed by atoms with E-state index in [1.54, 1.807) is 7.11 Å². The van der Waals surface area contributed by atoms with Crippen molar-refractivity contribution < 1.29 is 4.74 Å². The number of benzene rings is 1. The van der Waals surface area contributed by atoms with E-state index < -0.39 is 0 Å². The summed E-state index contributed by atoms with van der Waals surface area (Å²) in [6.07, 6.45) is 1.09. The molecule has 1 unspecified atom stereocenters. The van der Waals surface area contributed by atoms with Gasteiger partial charge < -0.3 is 10.1 Å². The van der Waals surface area contributed by atoms with E-state index in [2.05, 4.69) is 38.2 Å². The molecule has 0 bridgehead atoms. The van der Waals surface area contributed by atoms with Crippen LogP contribution in [-0.4, -0.2) is 13.7 Å². The number of ether oxygens (including phenoxy) is 1. The maximum Gasteiger partial charge on any atom is 0.125 e. The fraction of sp³-hybridized carbons (Fsp3) is 0.412. The van der Waals surface area contributed by atoms with E-state index in [9.17, 15) is 0 Å². The summed E-state index contributed by atoms with van der Waals surface area (Å²) in [5, 5.41) is 4.33. The summed E-state index contributed by atoms with van der Waals surface area (Å²) in [5.41, 5.74) is 2.46. The Labute approximate surface area is 136 Å². The molecule has 0 aliphatic carbocycles. The van der Waals surface area contributed by atoms with E-state index in [0.717, 1.165) is 24.3 Å². The zero-order chi connectivity index (χ0) is 15.4. The van der Waals surface area contributed by atoms with Crippen molar-refractivity contribution in [2.45, 2.75) is 33.2 Å². The van der Waals surface area contributed by atoms with Crippen molar-refractivity contribution in [3.05, 3.63) is 50.2 Å². The van der Waals surface area contributed by atoms with Gasteiger partial charge in [-0.2, -0.15) is 0 Å². The first-order chi connectivity index (χ1) is 10.1. The van der Waals surface area contributed by atoms with E-state index >= 15 is 0 Å². The van der Waals surface area contributed by atoms with Gasteiger partial charge in [0.1, 0.15) is 5.75 Å². The third-order valence-corrected chi connectivity index (χ3v) is 4.71. The molecule has 0 aliphatic heterocycles. The fourth-order valence-electron chi connectivity index (χ4n) is 2.54. The summed E-state index contributed by atoms with van der Waals surface area (Å²) in [5.74, 6) is 0.833. The second kappa shape index (κ2) is 7.30. The van der Waals surface area contributed by atoms with Crippen molar-refractivity contribution in [3.63, 3.8) is 0 Å². The van der Waals surface area contributed by atoms with Crippen LogP contribution in [0.3, 0.4) is 0 Å². The van der Waals surface area contributed by atoms with Crippen LogP contribution in [0.4, 0.5) is 0 Å². The molecule has 0 fully saturated rings. The van der Waals surface area contributed by atoms with Crippen molar-refractivity contribution in [1.29, 1.82) is 0 Å². The zero-order valence-corrected chi connectivity index (χ0v) is 14.6. The quantitative estimate of drug-likeness (QED) is 0.797. The monoisotopic (exact) mass is 323 g/mol. The number of halogens is 1. The van der Waals surface area contributed by atoms with Gasteiger partial charge in [0, 0.05) is 20.3 Å². The summed E-state index contributed by atoms with van der Waals surface area (Å²) in [6.45, 7) is 7.47. The van der Waals surface area contributed by atoms with Crippen LogP contribution in [0.15, 0.2) is 24.3 Å². The number of methoxy groups -OCH3 is 1. The van der Waals surface area contributed by atoms with Crippen molar-refractivity contribution in [3.8, 4) is 5.75 Å². The third-order valence-electron chi connectivity index (χ3n) is 3.50. The highest BCUT2D eigenvalue weighted by Crippen LogP contribution is 2.36. The van der Waals surface area contributed by atoms with Crippen LogP contribution in [0.25, 0.3) is 0 Å². The minimum absolute atomic E-state index is 0.141. The maximum atomic E-state index is 6.09. The Kier molecular flexibility index (Phi) is 5.68. The molecule has 0 spiro atoms. The van der Waals surface area contributed by atoms with E-state index in [4.69, 9.17) is 16.3 Å². The Bertz CT molecular complexity index is 609. The van der Waals surface area contributed by atoms with Gasteiger partial charge in [-0.05, 0) is 50.6 Å². The molecule has 1 aromatic carbocycles. The molecule has 1 aromatic heterocycles. The van der Waals surface area contributed by atoms with Gasteiger partial charge >= 0.3 is 0 Å². The largest absolute Gasteiger partial charge is 0.496 e. The van der Waals surface area contributed by atoms with Crippen LogP contribution in [0.2, 0.25) is 5.02 Å². The fourth-order valence-corrected chi connectivity index (χ4v) is 3.66. The lowest BCUT2D eigenvalue weighted by Crippen LogP contribution is -2.23. The number of nitrogens with one attached hydrogen (secondary N) is 1. The summed E-state index contributed by atoms with van der Waals surface area (Å²) in [7, 11) is 1.69. The number of thiophene rings is 1. The Hall–Kier alpha value is -1.03. The number of aryl methyl sites for hydroxylation is 2. The molecular formula is C17H22ClNOS. The Morgan fingerprint density at radius 1 is 1.24 bits per heavy atom. The first kappa shape index (κ1) is 16.3. The molecular weight excluding hydrogens is 302 g/mol. The lowest BCUT2D eigenvalue weighted by Gasteiger charge is -2.22. The molecule has 0 radical (unpaired) electrons. The molecule has 0 saturated heterocycles. The summed E-state index contributed by atoms with van der Waals surface area (Å²) in [4.78, 5) is 2.68. The lowest BCUT2D eigenvalue weighted by atomic mass is 9.98. The number of hydrogen-bond donors (Lipinski definition) is 1. The van der Waals surface area contributed by atoms with Crippen molar-refractivity contribution in [2.75, 3.05) is 13.7 Å². The van der Waals surface area contributed by atoms with E-state index in [0.29, 0.717) is 5.02 Å². The number of hydrogen-bond acceptors (Lipinski definition) is 3.